The highest BCUT2D eigenvalue weighted by molar-refractivity contribution is 6.31. The molecule has 2 aromatic rings. The molecule has 2 amide bonds. The van der Waals surface area contributed by atoms with E-state index >= 15 is 0 Å². The van der Waals surface area contributed by atoms with Gasteiger partial charge < -0.3 is 19.6 Å². The molecule has 1 N–H and O–H groups in total. The van der Waals surface area contributed by atoms with Crippen LogP contribution in [0.2, 0.25) is 5.02 Å². The fourth-order valence-corrected chi connectivity index (χ4v) is 7.10. The molecule has 0 bridgehead atoms. The average molecular weight is 662 g/mol. The number of hydrogen-bond donors (Lipinski definition) is 1. The smallest absolute Gasteiger partial charge is 0.394 e. The maximum Gasteiger partial charge on any atom is 0.394 e. The second-order valence-corrected chi connectivity index (χ2v) is 12.5. The molecule has 1 saturated heterocycles. The molecule has 3 heterocycles. The number of likely N-dealkylation sites (tertiary alicyclic amines) is 1. The number of hydrogen-bond acceptors (Lipinski definition) is 6. The highest BCUT2D eigenvalue weighted by atomic mass is 35.5. The molecular weight excluding hydrogens is 629 g/mol. The summed E-state index contributed by atoms with van der Waals surface area (Å²) in [7, 11) is 1.30. The Morgan fingerprint density at radius 2 is 1.98 bits per heavy atom. The summed E-state index contributed by atoms with van der Waals surface area (Å²) in [5.74, 6) is -5.04. The van der Waals surface area contributed by atoms with Gasteiger partial charge in [0, 0.05) is 43.7 Å². The summed E-state index contributed by atoms with van der Waals surface area (Å²) in [5, 5.41) is 17.8. The summed E-state index contributed by atoms with van der Waals surface area (Å²) in [4.78, 5) is 42.0. The molecule has 3 aliphatic rings. The molecule has 1 aromatic carbocycles. The summed E-state index contributed by atoms with van der Waals surface area (Å²) in [6.45, 7) is 0.206. The highest BCUT2D eigenvalue weighted by Crippen LogP contribution is 2.47. The number of carboxylic acid groups (broad SMARTS) is 1. The van der Waals surface area contributed by atoms with Gasteiger partial charge in [-0.05, 0) is 43.9 Å². The van der Waals surface area contributed by atoms with Crippen LogP contribution in [-0.2, 0) is 34.5 Å². The zero-order chi connectivity index (χ0) is 32.8. The van der Waals surface area contributed by atoms with Crippen LogP contribution >= 0.6 is 11.6 Å². The lowest BCUT2D eigenvalue weighted by atomic mass is 9.66. The van der Waals surface area contributed by atoms with Gasteiger partial charge in [0.2, 0.25) is 11.8 Å². The van der Waals surface area contributed by atoms with Gasteiger partial charge in [0.05, 0.1) is 23.3 Å². The van der Waals surface area contributed by atoms with Crippen LogP contribution in [0.1, 0.15) is 74.0 Å². The molecule has 2 fully saturated rings. The first kappa shape index (κ1) is 32.9. The van der Waals surface area contributed by atoms with Crippen LogP contribution < -0.4 is 4.74 Å². The monoisotopic (exact) mass is 661 g/mol. The first-order valence-corrected chi connectivity index (χ1v) is 15.0. The van der Waals surface area contributed by atoms with Crippen molar-refractivity contribution in [2.24, 2.45) is 24.3 Å². The van der Waals surface area contributed by atoms with Crippen molar-refractivity contribution in [1.29, 1.82) is 0 Å². The lowest BCUT2D eigenvalue weighted by Crippen LogP contribution is -2.52. The minimum atomic E-state index is -4.60. The van der Waals surface area contributed by atoms with Gasteiger partial charge in [0.15, 0.2) is 0 Å². The van der Waals surface area contributed by atoms with Crippen molar-refractivity contribution in [3.8, 4) is 5.75 Å². The second-order valence-electron chi connectivity index (χ2n) is 12.1. The van der Waals surface area contributed by atoms with Crippen molar-refractivity contribution in [3.63, 3.8) is 0 Å². The number of amides is 2. The molecule has 45 heavy (non-hydrogen) atoms. The van der Waals surface area contributed by atoms with E-state index in [2.05, 4.69) is 10.3 Å². The largest absolute Gasteiger partial charge is 0.487 e. The number of aryl methyl sites for hydroxylation is 1. The Morgan fingerprint density at radius 1 is 1.24 bits per heavy atom. The van der Waals surface area contributed by atoms with Crippen LogP contribution in [0.3, 0.4) is 0 Å². The lowest BCUT2D eigenvalue weighted by molar-refractivity contribution is -0.171. The minimum Gasteiger partial charge on any atom is -0.487 e. The number of ether oxygens (including phenoxy) is 1. The van der Waals surface area contributed by atoms with Crippen LogP contribution in [0.15, 0.2) is 12.1 Å². The summed E-state index contributed by atoms with van der Waals surface area (Å²) in [5.41, 5.74) is -1.12. The third-order valence-corrected chi connectivity index (χ3v) is 9.79. The third-order valence-electron chi connectivity index (χ3n) is 9.44. The van der Waals surface area contributed by atoms with Crippen LogP contribution in [0.25, 0.3) is 0 Å². The van der Waals surface area contributed by atoms with E-state index in [0.717, 1.165) is 9.58 Å². The van der Waals surface area contributed by atoms with E-state index in [1.54, 1.807) is 0 Å². The van der Waals surface area contributed by atoms with Gasteiger partial charge in [-0.25, -0.2) is 13.5 Å². The molecule has 1 aromatic heterocycles. The molecule has 2 aliphatic heterocycles. The predicted octanol–water partition coefficient (Wildman–Crippen LogP) is 5.10. The number of carboxylic acids is 1. The van der Waals surface area contributed by atoms with E-state index in [9.17, 15) is 41.4 Å². The standard InChI is InChI=1S/C29H33ClF5N5O5/c1-28(27(43)44)9-4-3-5-17(28)26(42)40-10-8-16-18(30)6-7-21(45-14-19-24(25(31)32)38(2)37-36-19)23(16)20(40)13-39-12-15(11-22(39)41)29(33,34)35/h6-7,15,17,20,25H,3-5,8-14H2,1-2H3,(H,43,44)/t15?,17?,20-,28-/m1/s1. The number of rotatable bonds is 8. The van der Waals surface area contributed by atoms with Crippen LogP contribution in [0.4, 0.5) is 22.0 Å². The number of halogens is 6. The highest BCUT2D eigenvalue weighted by Gasteiger charge is 2.51. The number of alkyl halides is 5. The van der Waals surface area contributed by atoms with Gasteiger partial charge in [-0.1, -0.05) is 29.7 Å². The van der Waals surface area contributed by atoms with Gasteiger partial charge in [0.1, 0.15) is 23.7 Å². The van der Waals surface area contributed by atoms with E-state index in [4.69, 9.17) is 16.3 Å². The first-order valence-electron chi connectivity index (χ1n) is 14.6. The summed E-state index contributed by atoms with van der Waals surface area (Å²) in [6.07, 6.45) is -6.21. The number of aliphatic carboxylic acids is 1. The summed E-state index contributed by atoms with van der Waals surface area (Å²) < 4.78 is 75.0. The SMILES string of the molecule is Cn1nnc(COc2ccc(Cl)c3c2[C@@H](CN2CC(C(F)(F)F)CC2=O)N(C(=O)C2CCCC[C@@]2(C)C(=O)O)CC3)c1C(F)F. The van der Waals surface area contributed by atoms with Crippen molar-refractivity contribution in [2.75, 3.05) is 19.6 Å². The predicted molar refractivity (Wildman–Crippen MR) is 148 cm³/mol. The zero-order valence-electron chi connectivity index (χ0n) is 24.6. The number of aromatic nitrogens is 3. The Balaban J connectivity index is 1.55. The Morgan fingerprint density at radius 3 is 2.62 bits per heavy atom. The Labute approximate surface area is 260 Å². The van der Waals surface area contributed by atoms with Crippen LogP contribution in [0, 0.1) is 17.3 Å². The van der Waals surface area contributed by atoms with Gasteiger partial charge >= 0.3 is 12.1 Å². The topological polar surface area (TPSA) is 118 Å². The molecule has 0 radical (unpaired) electrons. The van der Waals surface area contributed by atoms with E-state index < -0.39 is 78.9 Å². The van der Waals surface area contributed by atoms with Crippen molar-refractivity contribution >= 4 is 29.4 Å². The summed E-state index contributed by atoms with van der Waals surface area (Å²) >= 11 is 6.57. The Hall–Kier alpha value is -3.49. The molecule has 0 spiro atoms. The van der Waals surface area contributed by atoms with Crippen LogP contribution in [0.5, 0.6) is 5.75 Å². The molecule has 4 atom stereocenters. The molecular formula is C29H33ClF5N5O5. The Kier molecular flexibility index (Phi) is 9.04. The number of fused-ring (bicyclic) bond motifs is 1. The van der Waals surface area contributed by atoms with Gasteiger partial charge in [-0.15, -0.1) is 5.10 Å². The maximum absolute atomic E-state index is 14.3. The van der Waals surface area contributed by atoms with Crippen molar-refractivity contribution < 1.29 is 46.2 Å². The second kappa shape index (κ2) is 12.4. The zero-order valence-corrected chi connectivity index (χ0v) is 25.4. The van der Waals surface area contributed by atoms with Crippen molar-refractivity contribution in [2.45, 2.75) is 70.7 Å². The molecule has 2 unspecified atom stereocenters. The van der Waals surface area contributed by atoms with Crippen molar-refractivity contribution in [3.05, 3.63) is 39.7 Å². The number of carbonyl (C=O) groups excluding carboxylic acids is 2. The van der Waals surface area contributed by atoms with Crippen LogP contribution in [-0.4, -0.2) is 73.5 Å². The Bertz CT molecular complexity index is 1490. The molecule has 1 saturated carbocycles. The molecule has 16 heteroatoms. The fraction of sp³-hybridized carbons (Fsp3) is 0.621. The number of carbonyl (C=O) groups is 3. The normalized spacial score (nSPS) is 25.5. The molecule has 1 aliphatic carbocycles. The number of benzene rings is 1. The van der Waals surface area contributed by atoms with E-state index in [0.29, 0.717) is 30.4 Å². The first-order chi connectivity index (χ1) is 21.1. The summed E-state index contributed by atoms with van der Waals surface area (Å²) in [6, 6.07) is 1.94. The average Bonchev–Trinajstić information content (AvgIpc) is 3.54. The van der Waals surface area contributed by atoms with Gasteiger partial charge in [0.25, 0.3) is 6.43 Å². The quantitative estimate of drug-likeness (QED) is 0.391. The third kappa shape index (κ3) is 6.19. The van der Waals surface area contributed by atoms with E-state index in [1.165, 1.54) is 31.0 Å². The van der Waals surface area contributed by atoms with Gasteiger partial charge in [-0.3, -0.25) is 14.4 Å². The molecule has 5 rings (SSSR count). The van der Waals surface area contributed by atoms with E-state index in [1.807, 2.05) is 0 Å². The minimum absolute atomic E-state index is 0.0658. The van der Waals surface area contributed by atoms with E-state index in [-0.39, 0.29) is 42.4 Å². The number of nitrogens with zero attached hydrogens (tertiary/aromatic N) is 5. The molecule has 246 valence electrons. The molecule has 10 nitrogen and oxygen atoms in total. The maximum atomic E-state index is 14.3. The van der Waals surface area contributed by atoms with Crippen molar-refractivity contribution in [1.82, 2.24) is 24.8 Å². The van der Waals surface area contributed by atoms with Gasteiger partial charge in [-0.2, -0.15) is 13.2 Å². The fourth-order valence-electron chi connectivity index (χ4n) is 6.85. The lowest BCUT2D eigenvalue weighted by Gasteiger charge is -2.45.